The van der Waals surface area contributed by atoms with Crippen LogP contribution in [0.25, 0.3) is 0 Å². The predicted molar refractivity (Wildman–Crippen MR) is 67.5 cm³/mol. The fraction of sp³-hybridized carbons (Fsp3) is 0.0769. The molecule has 0 amide bonds. The minimum absolute atomic E-state index is 0.00263. The highest BCUT2D eigenvalue weighted by atomic mass is 16.4. The van der Waals surface area contributed by atoms with Crippen molar-refractivity contribution in [3.8, 4) is 6.07 Å². The van der Waals surface area contributed by atoms with Gasteiger partial charge in [0.25, 0.3) is 0 Å². The Balaban J connectivity index is 2.06. The van der Waals surface area contributed by atoms with Crippen LogP contribution in [0.5, 0.6) is 0 Å². The van der Waals surface area contributed by atoms with Gasteiger partial charge in [0.05, 0.1) is 17.4 Å². The van der Waals surface area contributed by atoms with Crippen molar-refractivity contribution in [2.45, 2.75) is 6.54 Å². The van der Waals surface area contributed by atoms with E-state index in [1.165, 1.54) is 12.3 Å². The summed E-state index contributed by atoms with van der Waals surface area (Å²) in [6.45, 7) is 0.438. The van der Waals surface area contributed by atoms with Gasteiger partial charge in [-0.1, -0.05) is 6.07 Å². The number of carboxylic acids is 1. The van der Waals surface area contributed by atoms with Crippen molar-refractivity contribution in [1.29, 1.82) is 5.26 Å². The van der Waals surface area contributed by atoms with Crippen LogP contribution in [0.4, 0.5) is 5.69 Å². The molecule has 0 bridgehead atoms. The first-order valence-electron chi connectivity index (χ1n) is 5.47. The number of carboxylic acid groups (broad SMARTS) is 1. The van der Waals surface area contributed by atoms with Crippen molar-refractivity contribution in [3.63, 3.8) is 0 Å². The van der Waals surface area contributed by atoms with Crippen LogP contribution in [0.3, 0.4) is 0 Å². The van der Waals surface area contributed by atoms with Crippen molar-refractivity contribution in [2.24, 2.45) is 0 Å². The summed E-state index contributed by atoms with van der Waals surface area (Å²) < 4.78 is 0. The molecule has 0 saturated heterocycles. The van der Waals surface area contributed by atoms with Gasteiger partial charge in [-0.2, -0.15) is 5.26 Å². The number of nitrogens with one attached hydrogen (secondary N) is 1. The van der Waals surface area contributed by atoms with E-state index in [1.54, 1.807) is 24.5 Å². The molecule has 0 fully saturated rings. The van der Waals surface area contributed by atoms with E-state index in [1.807, 2.05) is 0 Å². The van der Waals surface area contributed by atoms with Crippen LogP contribution in [-0.4, -0.2) is 21.0 Å². The van der Waals surface area contributed by atoms with Crippen molar-refractivity contribution in [3.05, 3.63) is 53.6 Å². The first-order chi connectivity index (χ1) is 9.20. The molecule has 0 aromatic carbocycles. The number of hydrogen-bond acceptors (Lipinski definition) is 5. The van der Waals surface area contributed by atoms with Gasteiger partial charge in [0, 0.05) is 18.9 Å². The Hall–Kier alpha value is -2.94. The molecule has 2 aromatic rings. The molecule has 6 nitrogen and oxygen atoms in total. The van der Waals surface area contributed by atoms with E-state index in [0.29, 0.717) is 17.8 Å². The maximum Gasteiger partial charge on any atom is 0.354 e. The molecule has 2 N–H and O–H groups in total. The van der Waals surface area contributed by atoms with Crippen LogP contribution in [-0.2, 0) is 6.54 Å². The molecule has 0 aliphatic heterocycles. The second-order valence-electron chi connectivity index (χ2n) is 3.74. The Morgan fingerprint density at radius 2 is 2.21 bits per heavy atom. The Morgan fingerprint density at radius 1 is 1.37 bits per heavy atom. The number of nitrogens with zero attached hydrogens (tertiary/aromatic N) is 3. The lowest BCUT2D eigenvalue weighted by Crippen LogP contribution is -2.04. The van der Waals surface area contributed by atoms with Crippen LogP contribution in [0, 0.1) is 11.3 Å². The molecule has 19 heavy (non-hydrogen) atoms. The van der Waals surface area contributed by atoms with Gasteiger partial charge in [0.1, 0.15) is 11.8 Å². The average molecular weight is 254 g/mol. The van der Waals surface area contributed by atoms with Crippen LogP contribution < -0.4 is 5.32 Å². The molecule has 94 valence electrons. The van der Waals surface area contributed by atoms with E-state index in [-0.39, 0.29) is 5.69 Å². The summed E-state index contributed by atoms with van der Waals surface area (Å²) in [4.78, 5) is 18.4. The molecule has 0 atom stereocenters. The summed E-state index contributed by atoms with van der Waals surface area (Å²) in [7, 11) is 0. The lowest BCUT2D eigenvalue weighted by atomic mass is 10.2. The number of carbonyl (C=O) groups is 1. The van der Waals surface area contributed by atoms with Gasteiger partial charge in [-0.15, -0.1) is 0 Å². The Labute approximate surface area is 109 Å². The lowest BCUT2D eigenvalue weighted by Gasteiger charge is -2.07. The van der Waals surface area contributed by atoms with Gasteiger partial charge in [0.15, 0.2) is 0 Å². The van der Waals surface area contributed by atoms with Gasteiger partial charge in [-0.25, -0.2) is 9.78 Å². The molecule has 2 aromatic heterocycles. The van der Waals surface area contributed by atoms with Gasteiger partial charge >= 0.3 is 5.97 Å². The fourth-order valence-corrected chi connectivity index (χ4v) is 1.49. The van der Waals surface area contributed by atoms with Crippen molar-refractivity contribution in [2.75, 3.05) is 5.32 Å². The maximum absolute atomic E-state index is 10.7. The summed E-state index contributed by atoms with van der Waals surface area (Å²) in [6, 6.07) is 6.79. The van der Waals surface area contributed by atoms with E-state index in [4.69, 9.17) is 10.4 Å². The summed E-state index contributed by atoms with van der Waals surface area (Å²) in [6.07, 6.45) is 4.60. The van der Waals surface area contributed by atoms with E-state index < -0.39 is 5.97 Å². The molecule has 0 radical (unpaired) electrons. The highest BCUT2D eigenvalue weighted by Crippen LogP contribution is 2.13. The van der Waals surface area contributed by atoms with E-state index in [9.17, 15) is 4.79 Å². The number of pyridine rings is 2. The third-order valence-corrected chi connectivity index (χ3v) is 2.47. The fourth-order valence-electron chi connectivity index (χ4n) is 1.49. The van der Waals surface area contributed by atoms with Gasteiger partial charge in [-0.05, 0) is 17.7 Å². The second kappa shape index (κ2) is 5.60. The van der Waals surface area contributed by atoms with Gasteiger partial charge in [0.2, 0.25) is 0 Å². The number of hydrogen-bond donors (Lipinski definition) is 2. The quantitative estimate of drug-likeness (QED) is 0.860. The minimum atomic E-state index is -1.06. The zero-order valence-corrected chi connectivity index (χ0v) is 9.87. The number of anilines is 1. The standard InChI is InChI=1S/C13H10N4O2/c14-5-10-3-4-15-8-12(10)17-7-9-1-2-11(13(18)19)16-6-9/h1-4,6,8,17H,7H2,(H,18,19). The number of rotatable bonds is 4. The molecular weight excluding hydrogens is 244 g/mol. The zero-order valence-electron chi connectivity index (χ0n) is 9.87. The van der Waals surface area contributed by atoms with Crippen LogP contribution >= 0.6 is 0 Å². The molecule has 0 spiro atoms. The third kappa shape index (κ3) is 3.04. The van der Waals surface area contributed by atoms with Gasteiger partial charge in [-0.3, -0.25) is 4.98 Å². The Kier molecular flexibility index (Phi) is 3.69. The number of aromatic nitrogens is 2. The number of nitriles is 1. The molecule has 2 heterocycles. The highest BCUT2D eigenvalue weighted by Gasteiger charge is 2.04. The largest absolute Gasteiger partial charge is 0.477 e. The molecule has 6 heteroatoms. The minimum Gasteiger partial charge on any atom is -0.477 e. The topological polar surface area (TPSA) is 98.9 Å². The highest BCUT2D eigenvalue weighted by molar-refractivity contribution is 5.85. The summed E-state index contributed by atoms with van der Waals surface area (Å²) in [5.74, 6) is -1.06. The van der Waals surface area contributed by atoms with Crippen LogP contribution in [0.2, 0.25) is 0 Å². The van der Waals surface area contributed by atoms with Crippen LogP contribution in [0.1, 0.15) is 21.6 Å². The van der Waals surface area contributed by atoms with E-state index in [2.05, 4.69) is 21.4 Å². The predicted octanol–water partition coefficient (Wildman–Crippen LogP) is 1.66. The maximum atomic E-state index is 10.7. The molecule has 0 aliphatic rings. The second-order valence-corrected chi connectivity index (χ2v) is 3.74. The third-order valence-electron chi connectivity index (χ3n) is 2.47. The Bertz CT molecular complexity index is 632. The van der Waals surface area contributed by atoms with Crippen molar-refractivity contribution < 1.29 is 9.90 Å². The SMILES string of the molecule is N#Cc1ccncc1NCc1ccc(C(=O)O)nc1. The summed E-state index contributed by atoms with van der Waals surface area (Å²) in [5.41, 5.74) is 1.96. The summed E-state index contributed by atoms with van der Waals surface area (Å²) >= 11 is 0. The van der Waals surface area contributed by atoms with Gasteiger partial charge < -0.3 is 10.4 Å². The normalized spacial score (nSPS) is 9.63. The van der Waals surface area contributed by atoms with Crippen molar-refractivity contribution >= 4 is 11.7 Å². The first-order valence-corrected chi connectivity index (χ1v) is 5.47. The van der Waals surface area contributed by atoms with Crippen molar-refractivity contribution in [1.82, 2.24) is 9.97 Å². The smallest absolute Gasteiger partial charge is 0.354 e. The molecule has 0 aliphatic carbocycles. The zero-order chi connectivity index (χ0) is 13.7. The molecule has 2 rings (SSSR count). The monoisotopic (exact) mass is 254 g/mol. The summed E-state index contributed by atoms with van der Waals surface area (Å²) in [5, 5.41) is 20.7. The van der Waals surface area contributed by atoms with E-state index in [0.717, 1.165) is 5.56 Å². The average Bonchev–Trinajstić information content (AvgIpc) is 2.45. The van der Waals surface area contributed by atoms with Crippen LogP contribution in [0.15, 0.2) is 36.8 Å². The number of aromatic carboxylic acids is 1. The molecular formula is C13H10N4O2. The molecule has 0 unspecified atom stereocenters. The molecule has 0 saturated carbocycles. The van der Waals surface area contributed by atoms with E-state index >= 15 is 0 Å². The first kappa shape index (κ1) is 12.5. The Morgan fingerprint density at radius 3 is 2.84 bits per heavy atom. The lowest BCUT2D eigenvalue weighted by molar-refractivity contribution is 0.0690.